The van der Waals surface area contributed by atoms with Crippen molar-refractivity contribution in [2.75, 3.05) is 51.1 Å². The van der Waals surface area contributed by atoms with Crippen LogP contribution in [0.15, 0.2) is 60.9 Å². The molecule has 0 spiro atoms. The lowest BCUT2D eigenvalue weighted by Gasteiger charge is -2.43. The molecular formula is C29H36N8O. The molecule has 0 bridgehead atoms. The third-order valence-corrected chi connectivity index (χ3v) is 7.97. The highest BCUT2D eigenvalue weighted by molar-refractivity contribution is 5.84. The smallest absolute Gasteiger partial charge is 0.227 e. The second kappa shape index (κ2) is 11.2. The number of rotatable bonds is 7. The quantitative estimate of drug-likeness (QED) is 0.344. The summed E-state index contributed by atoms with van der Waals surface area (Å²) in [4.78, 5) is 24.1. The van der Waals surface area contributed by atoms with Gasteiger partial charge < -0.3 is 20.3 Å². The van der Waals surface area contributed by atoms with Crippen molar-refractivity contribution >= 4 is 22.5 Å². The molecule has 0 amide bonds. The molecule has 38 heavy (non-hydrogen) atoms. The second-order valence-electron chi connectivity index (χ2n) is 10.2. The lowest BCUT2D eigenvalue weighted by atomic mass is 10.0. The molecule has 3 N–H and O–H groups in total. The maximum absolute atomic E-state index is 11.2. The molecule has 2 fully saturated rings. The predicted octanol–water partition coefficient (Wildman–Crippen LogP) is 3.86. The van der Waals surface area contributed by atoms with Crippen LogP contribution in [0.1, 0.15) is 31.7 Å². The zero-order chi connectivity index (χ0) is 25.9. The number of aromatic nitrogens is 4. The average Bonchev–Trinajstić information content (AvgIpc) is 3.41. The fraction of sp³-hybridized carbons (Fsp3) is 0.414. The maximum Gasteiger partial charge on any atom is 0.227 e. The van der Waals surface area contributed by atoms with E-state index in [1.165, 1.54) is 25.9 Å². The maximum atomic E-state index is 11.2. The highest BCUT2D eigenvalue weighted by Crippen LogP contribution is 2.28. The van der Waals surface area contributed by atoms with Gasteiger partial charge in [-0.2, -0.15) is 0 Å². The summed E-state index contributed by atoms with van der Waals surface area (Å²) in [5.41, 5.74) is 4.28. The highest BCUT2D eigenvalue weighted by atomic mass is 16.3. The molecule has 0 aliphatic carbocycles. The molecule has 2 aliphatic heterocycles. The van der Waals surface area contributed by atoms with Crippen LogP contribution in [0.5, 0.6) is 0 Å². The average molecular weight is 513 g/mol. The Kier molecular flexibility index (Phi) is 7.33. The van der Waals surface area contributed by atoms with Gasteiger partial charge in [-0.15, -0.1) is 0 Å². The van der Waals surface area contributed by atoms with E-state index in [4.69, 9.17) is 0 Å². The Labute approximate surface area is 223 Å². The monoisotopic (exact) mass is 512 g/mol. The molecule has 0 saturated carbocycles. The van der Waals surface area contributed by atoms with E-state index in [1.54, 1.807) is 12.4 Å². The fourth-order valence-electron chi connectivity index (χ4n) is 5.72. The summed E-state index contributed by atoms with van der Waals surface area (Å²) in [5.74, 6) is 0.515. The Bertz CT molecular complexity index is 1340. The number of nitrogens with zero attached hydrogens (tertiary/aromatic N) is 6. The number of benzene rings is 1. The third-order valence-electron chi connectivity index (χ3n) is 7.97. The molecule has 1 atom stereocenters. The molecule has 3 aromatic heterocycles. The van der Waals surface area contributed by atoms with E-state index in [0.717, 1.165) is 66.4 Å². The van der Waals surface area contributed by atoms with Crippen LogP contribution in [-0.4, -0.2) is 91.6 Å². The number of piperidine rings is 1. The molecule has 2 aliphatic rings. The van der Waals surface area contributed by atoms with Gasteiger partial charge >= 0.3 is 0 Å². The summed E-state index contributed by atoms with van der Waals surface area (Å²) in [6.07, 6.45) is 5.37. The van der Waals surface area contributed by atoms with E-state index in [0.29, 0.717) is 12.0 Å². The first kappa shape index (κ1) is 24.9. The first-order chi connectivity index (χ1) is 18.7. The summed E-state index contributed by atoms with van der Waals surface area (Å²) >= 11 is 0. The van der Waals surface area contributed by atoms with E-state index in [2.05, 4.69) is 52.9 Å². The number of piperazine rings is 1. The SMILES string of the molecule is CCN1CCC(N2CCN(C(O)c3cc4cc(Nc5nccc(-c6ccccn6)n5)ccc4[nH]3)CC2)CC1. The minimum absolute atomic E-state index is 0.515. The van der Waals surface area contributed by atoms with Crippen molar-refractivity contribution in [1.82, 2.24) is 34.6 Å². The summed E-state index contributed by atoms with van der Waals surface area (Å²) in [7, 11) is 0. The Morgan fingerprint density at radius 3 is 2.55 bits per heavy atom. The number of fused-ring (bicyclic) bond motifs is 1. The van der Waals surface area contributed by atoms with Crippen molar-refractivity contribution < 1.29 is 5.11 Å². The first-order valence-electron chi connectivity index (χ1n) is 13.7. The largest absolute Gasteiger partial charge is 0.373 e. The van der Waals surface area contributed by atoms with E-state index < -0.39 is 6.23 Å². The van der Waals surface area contributed by atoms with Crippen LogP contribution in [0, 0.1) is 0 Å². The summed E-state index contributed by atoms with van der Waals surface area (Å²) < 4.78 is 0. The van der Waals surface area contributed by atoms with E-state index in [-0.39, 0.29) is 0 Å². The topological polar surface area (TPSA) is 96.4 Å². The molecule has 6 rings (SSSR count). The molecule has 2 saturated heterocycles. The van der Waals surface area contributed by atoms with Crippen LogP contribution in [0.4, 0.5) is 11.6 Å². The Morgan fingerprint density at radius 2 is 1.79 bits per heavy atom. The van der Waals surface area contributed by atoms with Crippen molar-refractivity contribution in [3.63, 3.8) is 0 Å². The number of hydrogen-bond donors (Lipinski definition) is 3. The number of pyridine rings is 1. The van der Waals surface area contributed by atoms with Crippen LogP contribution in [0.2, 0.25) is 0 Å². The van der Waals surface area contributed by atoms with Gasteiger partial charge in [0.05, 0.1) is 17.1 Å². The summed E-state index contributed by atoms with van der Waals surface area (Å²) in [6, 6.07) is 16.4. The lowest BCUT2D eigenvalue weighted by Crippen LogP contribution is -2.53. The number of H-pyrrole nitrogens is 1. The van der Waals surface area contributed by atoms with Crippen molar-refractivity contribution in [3.05, 3.63) is 66.6 Å². The summed E-state index contributed by atoms with van der Waals surface area (Å²) in [5, 5.41) is 15.5. The summed E-state index contributed by atoms with van der Waals surface area (Å²) in [6.45, 7) is 9.60. The molecule has 5 heterocycles. The first-order valence-corrected chi connectivity index (χ1v) is 13.7. The van der Waals surface area contributed by atoms with E-state index >= 15 is 0 Å². The fourth-order valence-corrected chi connectivity index (χ4v) is 5.72. The molecule has 198 valence electrons. The normalized spacial score (nSPS) is 19.1. The van der Waals surface area contributed by atoms with Crippen LogP contribution in [0.25, 0.3) is 22.3 Å². The van der Waals surface area contributed by atoms with Gasteiger partial charge in [-0.05, 0) is 74.9 Å². The number of aromatic amines is 1. The van der Waals surface area contributed by atoms with E-state index in [1.807, 2.05) is 42.5 Å². The Hall–Kier alpha value is -3.37. The predicted molar refractivity (Wildman–Crippen MR) is 150 cm³/mol. The van der Waals surface area contributed by atoms with Gasteiger partial charge in [-0.3, -0.25) is 14.8 Å². The molecule has 9 nitrogen and oxygen atoms in total. The van der Waals surface area contributed by atoms with Gasteiger partial charge in [-0.1, -0.05) is 13.0 Å². The van der Waals surface area contributed by atoms with Gasteiger partial charge in [0, 0.05) is 61.2 Å². The van der Waals surface area contributed by atoms with Crippen LogP contribution < -0.4 is 5.32 Å². The standard InChI is InChI=1S/C29H36N8O/c1-2-35-13-9-23(10-14-35)36-15-17-37(18-16-36)28(38)27-20-21-19-22(6-7-24(21)33-27)32-29-31-12-8-26(34-29)25-5-3-4-11-30-25/h3-8,11-12,19-20,23,28,33,38H,2,9-10,13-18H2,1H3,(H,31,32,34). The second-order valence-corrected chi connectivity index (χ2v) is 10.2. The van der Waals surface area contributed by atoms with Crippen LogP contribution in [-0.2, 0) is 0 Å². The lowest BCUT2D eigenvalue weighted by molar-refractivity contribution is -0.0413. The van der Waals surface area contributed by atoms with Crippen molar-refractivity contribution in [3.8, 4) is 11.4 Å². The van der Waals surface area contributed by atoms with Crippen LogP contribution >= 0.6 is 0 Å². The van der Waals surface area contributed by atoms with Gasteiger partial charge in [0.15, 0.2) is 0 Å². The third kappa shape index (κ3) is 5.42. The molecule has 1 aromatic carbocycles. The highest BCUT2D eigenvalue weighted by Gasteiger charge is 2.29. The van der Waals surface area contributed by atoms with Crippen molar-refractivity contribution in [2.24, 2.45) is 0 Å². The van der Waals surface area contributed by atoms with Crippen molar-refractivity contribution in [2.45, 2.75) is 32.0 Å². The Morgan fingerprint density at radius 1 is 0.947 bits per heavy atom. The number of hydrogen-bond acceptors (Lipinski definition) is 8. The van der Waals surface area contributed by atoms with Gasteiger partial charge in [0.1, 0.15) is 6.23 Å². The van der Waals surface area contributed by atoms with E-state index in [9.17, 15) is 5.11 Å². The molecular weight excluding hydrogens is 476 g/mol. The molecule has 1 unspecified atom stereocenters. The number of likely N-dealkylation sites (tertiary alicyclic amines) is 1. The van der Waals surface area contributed by atoms with Gasteiger partial charge in [0.2, 0.25) is 5.95 Å². The Balaban J connectivity index is 1.09. The van der Waals surface area contributed by atoms with Crippen molar-refractivity contribution in [1.29, 1.82) is 0 Å². The minimum atomic E-state index is -0.638. The zero-order valence-corrected chi connectivity index (χ0v) is 21.9. The number of anilines is 2. The number of aliphatic hydroxyl groups is 1. The van der Waals surface area contributed by atoms with Gasteiger partial charge in [-0.25, -0.2) is 9.97 Å². The molecule has 9 heteroatoms. The number of nitrogens with one attached hydrogen (secondary N) is 2. The van der Waals surface area contributed by atoms with Gasteiger partial charge in [0.25, 0.3) is 0 Å². The zero-order valence-electron chi connectivity index (χ0n) is 21.9. The minimum Gasteiger partial charge on any atom is -0.373 e. The van der Waals surface area contributed by atoms with Crippen LogP contribution in [0.3, 0.4) is 0 Å². The molecule has 4 aromatic rings. The molecule has 0 radical (unpaired) electrons. The number of aliphatic hydroxyl groups excluding tert-OH is 1.